The number of hydrogen-bond donors (Lipinski definition) is 2. The highest BCUT2D eigenvalue weighted by molar-refractivity contribution is 5.08. The van der Waals surface area contributed by atoms with Crippen molar-refractivity contribution >= 4 is 0 Å². The lowest BCUT2D eigenvalue weighted by Gasteiger charge is -2.11. The number of rotatable bonds is 17. The molecule has 0 aliphatic carbocycles. The van der Waals surface area contributed by atoms with E-state index in [0.29, 0.717) is 0 Å². The molecule has 0 heterocycles. The van der Waals surface area contributed by atoms with Gasteiger partial charge in [0.2, 0.25) is 0 Å². The zero-order valence-electron chi connectivity index (χ0n) is 15.8. The lowest BCUT2D eigenvalue weighted by molar-refractivity contribution is 0.142. The van der Waals surface area contributed by atoms with Gasteiger partial charge in [0.15, 0.2) is 0 Å². The molecule has 0 spiro atoms. The maximum absolute atomic E-state index is 9.96. The van der Waals surface area contributed by atoms with E-state index in [9.17, 15) is 10.2 Å². The molecule has 2 N–H and O–H groups in total. The Morgan fingerprint density at radius 1 is 0.708 bits per heavy atom. The first-order chi connectivity index (χ1) is 11.7. The van der Waals surface area contributed by atoms with E-state index in [1.165, 1.54) is 25.7 Å². The van der Waals surface area contributed by atoms with E-state index >= 15 is 0 Å². The van der Waals surface area contributed by atoms with Crippen LogP contribution in [0.4, 0.5) is 0 Å². The summed E-state index contributed by atoms with van der Waals surface area (Å²) in [6, 6.07) is 0. The molecule has 0 aliphatic heterocycles. The second-order valence-electron chi connectivity index (χ2n) is 6.77. The van der Waals surface area contributed by atoms with Crippen LogP contribution in [0.25, 0.3) is 0 Å². The molecular weight excluding hydrogens is 296 g/mol. The zero-order chi connectivity index (χ0) is 17.9. The predicted octanol–water partition coefficient (Wildman–Crippen LogP) is 6.10. The van der Waals surface area contributed by atoms with Gasteiger partial charge in [-0.25, -0.2) is 0 Å². The van der Waals surface area contributed by atoms with E-state index < -0.39 is 0 Å². The third kappa shape index (κ3) is 17.5. The second-order valence-corrected chi connectivity index (χ2v) is 6.77. The molecule has 0 bridgehead atoms. The molecule has 1 unspecified atom stereocenters. The highest BCUT2D eigenvalue weighted by Gasteiger charge is 2.05. The van der Waals surface area contributed by atoms with Gasteiger partial charge in [-0.2, -0.15) is 0 Å². The molecule has 2 heteroatoms. The summed E-state index contributed by atoms with van der Waals surface area (Å²) in [4.78, 5) is 0. The minimum Gasteiger partial charge on any atom is -0.393 e. The van der Waals surface area contributed by atoms with Crippen molar-refractivity contribution in [2.45, 2.75) is 103 Å². The number of unbranched alkanes of at least 4 members (excludes halogenated alkanes) is 6. The summed E-state index contributed by atoms with van der Waals surface area (Å²) < 4.78 is 0. The quantitative estimate of drug-likeness (QED) is 0.249. The molecule has 0 fully saturated rings. The lowest BCUT2D eigenvalue weighted by atomic mass is 10.0. The second kappa shape index (κ2) is 18.5. The molecule has 24 heavy (non-hydrogen) atoms. The van der Waals surface area contributed by atoms with Crippen molar-refractivity contribution in [3.8, 4) is 0 Å². The summed E-state index contributed by atoms with van der Waals surface area (Å²) in [5.41, 5.74) is 0. The van der Waals surface area contributed by atoms with Crippen molar-refractivity contribution in [3.05, 3.63) is 37.0 Å². The van der Waals surface area contributed by atoms with Crippen molar-refractivity contribution in [1.82, 2.24) is 0 Å². The third-order valence-corrected chi connectivity index (χ3v) is 4.37. The van der Waals surface area contributed by atoms with Crippen molar-refractivity contribution in [2.75, 3.05) is 0 Å². The molecule has 0 amide bonds. The van der Waals surface area contributed by atoms with E-state index in [0.717, 1.165) is 57.8 Å². The monoisotopic (exact) mass is 336 g/mol. The average molecular weight is 337 g/mol. The third-order valence-electron chi connectivity index (χ3n) is 4.37. The van der Waals surface area contributed by atoms with Gasteiger partial charge < -0.3 is 10.2 Å². The van der Waals surface area contributed by atoms with E-state index in [4.69, 9.17) is 0 Å². The summed E-state index contributed by atoms with van der Waals surface area (Å²) in [6.45, 7) is 5.82. The Labute approximate surface area is 150 Å². The number of hydrogen-bond acceptors (Lipinski definition) is 2. The van der Waals surface area contributed by atoms with Gasteiger partial charge in [-0.3, -0.25) is 0 Å². The first kappa shape index (κ1) is 23.1. The first-order valence-electron chi connectivity index (χ1n) is 10.0. The molecule has 0 rings (SSSR count). The normalized spacial score (nSPS) is 14.5. The Kier molecular flexibility index (Phi) is 17.8. The van der Waals surface area contributed by atoms with Crippen LogP contribution < -0.4 is 0 Å². The average Bonchev–Trinajstić information content (AvgIpc) is 2.57. The van der Waals surface area contributed by atoms with Gasteiger partial charge in [-0.15, -0.1) is 0 Å². The maximum atomic E-state index is 9.96. The molecule has 0 saturated heterocycles. The van der Waals surface area contributed by atoms with Crippen LogP contribution >= 0.6 is 0 Å². The molecular formula is C22H40O2. The molecule has 0 radical (unpaired) electrons. The van der Waals surface area contributed by atoms with E-state index in [-0.39, 0.29) is 12.2 Å². The Balaban J connectivity index is 3.36. The molecule has 0 aromatic heterocycles. The van der Waals surface area contributed by atoms with Gasteiger partial charge in [0, 0.05) is 0 Å². The highest BCUT2D eigenvalue weighted by atomic mass is 16.3. The van der Waals surface area contributed by atoms with Gasteiger partial charge in [-0.05, 0) is 38.5 Å². The maximum Gasteiger partial charge on any atom is 0.0540 e. The van der Waals surface area contributed by atoms with Crippen molar-refractivity contribution < 1.29 is 10.2 Å². The van der Waals surface area contributed by atoms with Crippen LogP contribution in [0, 0.1) is 0 Å². The lowest BCUT2D eigenvalue weighted by Crippen LogP contribution is -2.07. The Bertz CT molecular complexity index is 320. The Hall–Kier alpha value is -0.860. The number of allylic oxidation sites excluding steroid dienone is 5. The smallest absolute Gasteiger partial charge is 0.0540 e. The standard InChI is InChI=1S/C22H40O2/c1-3-5-7-8-9-10-14-18-22(24)20-16-12-11-15-19-21(23)17-13-6-4-2/h3,5,7-9,21-24H,1,4,6,10-20H2,2H3/t21-,22?/m0/s1. The van der Waals surface area contributed by atoms with Crippen LogP contribution in [0.15, 0.2) is 37.0 Å². The predicted molar refractivity (Wildman–Crippen MR) is 106 cm³/mol. The van der Waals surface area contributed by atoms with Crippen LogP contribution in [-0.2, 0) is 0 Å². The van der Waals surface area contributed by atoms with E-state index in [1.54, 1.807) is 6.08 Å². The molecule has 0 aromatic carbocycles. The van der Waals surface area contributed by atoms with Crippen LogP contribution in [-0.4, -0.2) is 22.4 Å². The van der Waals surface area contributed by atoms with E-state index in [1.807, 2.05) is 18.2 Å². The largest absolute Gasteiger partial charge is 0.393 e. The van der Waals surface area contributed by atoms with Crippen molar-refractivity contribution in [2.24, 2.45) is 0 Å². The molecule has 140 valence electrons. The molecule has 0 saturated carbocycles. The minimum absolute atomic E-state index is 0.100. The molecule has 0 aromatic rings. The van der Waals surface area contributed by atoms with Crippen molar-refractivity contribution in [1.29, 1.82) is 0 Å². The number of aliphatic hydroxyl groups excluding tert-OH is 2. The first-order valence-corrected chi connectivity index (χ1v) is 10.0. The van der Waals surface area contributed by atoms with Crippen LogP contribution in [0.5, 0.6) is 0 Å². The van der Waals surface area contributed by atoms with Gasteiger partial charge >= 0.3 is 0 Å². The van der Waals surface area contributed by atoms with Crippen LogP contribution in [0.3, 0.4) is 0 Å². The van der Waals surface area contributed by atoms with E-state index in [2.05, 4.69) is 19.6 Å². The van der Waals surface area contributed by atoms with Gasteiger partial charge in [0.05, 0.1) is 12.2 Å². The topological polar surface area (TPSA) is 40.5 Å². The van der Waals surface area contributed by atoms with Gasteiger partial charge in [-0.1, -0.05) is 88.8 Å². The number of aliphatic hydroxyl groups is 2. The zero-order valence-corrected chi connectivity index (χ0v) is 15.8. The summed E-state index contributed by atoms with van der Waals surface area (Å²) in [5.74, 6) is 0. The summed E-state index contributed by atoms with van der Waals surface area (Å²) >= 11 is 0. The molecule has 0 aliphatic rings. The SMILES string of the molecule is C=CC=CC=CCCCC(O)CCCCCC[C@@H](O)CCCCC. The van der Waals surface area contributed by atoms with Crippen molar-refractivity contribution in [3.63, 3.8) is 0 Å². The highest BCUT2D eigenvalue weighted by Crippen LogP contribution is 2.14. The van der Waals surface area contributed by atoms with Gasteiger partial charge in [0.25, 0.3) is 0 Å². The summed E-state index contributed by atoms with van der Waals surface area (Å²) in [5, 5.41) is 19.8. The van der Waals surface area contributed by atoms with Crippen LogP contribution in [0.1, 0.15) is 90.4 Å². The fourth-order valence-corrected chi connectivity index (χ4v) is 2.82. The Morgan fingerprint density at radius 3 is 1.79 bits per heavy atom. The fourth-order valence-electron chi connectivity index (χ4n) is 2.82. The summed E-state index contributed by atoms with van der Waals surface area (Å²) in [6.07, 6.45) is 23.5. The summed E-state index contributed by atoms with van der Waals surface area (Å²) in [7, 11) is 0. The minimum atomic E-state index is -0.151. The molecule has 2 atom stereocenters. The van der Waals surface area contributed by atoms with Gasteiger partial charge in [0.1, 0.15) is 0 Å². The fraction of sp³-hybridized carbons (Fsp3) is 0.727. The van der Waals surface area contributed by atoms with Crippen LogP contribution in [0.2, 0.25) is 0 Å². The Morgan fingerprint density at radius 2 is 1.25 bits per heavy atom. The molecule has 2 nitrogen and oxygen atoms in total.